The molecule has 0 radical (unpaired) electrons. The summed E-state index contributed by atoms with van der Waals surface area (Å²) in [7, 11) is 0. The summed E-state index contributed by atoms with van der Waals surface area (Å²) >= 11 is 1.78. The lowest BCUT2D eigenvalue weighted by Crippen LogP contribution is -2.46. The Kier molecular flexibility index (Phi) is 5.15. The van der Waals surface area contributed by atoms with Crippen LogP contribution in [0.2, 0.25) is 0 Å². The molecule has 0 amide bonds. The fourth-order valence-corrected chi connectivity index (χ4v) is 4.57. The van der Waals surface area contributed by atoms with E-state index in [1.165, 1.54) is 9.71 Å². The van der Waals surface area contributed by atoms with Gasteiger partial charge in [0.2, 0.25) is 0 Å². The molecule has 140 valence electrons. The normalized spacial score (nSPS) is 17.2. The number of benzene rings is 2. The highest BCUT2D eigenvalue weighted by atomic mass is 32.1. The van der Waals surface area contributed by atoms with Crippen LogP contribution in [0.1, 0.15) is 23.5 Å². The van der Waals surface area contributed by atoms with Crippen LogP contribution in [-0.2, 0) is 6.54 Å². The molecule has 1 aliphatic heterocycles. The third-order valence-electron chi connectivity index (χ3n) is 5.18. The molecule has 27 heavy (non-hydrogen) atoms. The first-order valence-corrected chi connectivity index (χ1v) is 9.97. The maximum absolute atomic E-state index is 10.8. The SMILES string of the molecule is C[C@@H](c1nc2ccccc2s1)N1CCN(Cc2ccc([N+](=O)[O-])cc2)CC1. The van der Waals surface area contributed by atoms with E-state index in [9.17, 15) is 10.1 Å². The van der Waals surface area contributed by atoms with Gasteiger partial charge in [-0.15, -0.1) is 11.3 Å². The maximum Gasteiger partial charge on any atom is 0.269 e. The van der Waals surface area contributed by atoms with E-state index in [1.54, 1.807) is 23.5 Å². The summed E-state index contributed by atoms with van der Waals surface area (Å²) < 4.78 is 1.25. The predicted octanol–water partition coefficient (Wildman–Crippen LogP) is 4.08. The van der Waals surface area contributed by atoms with Gasteiger partial charge in [0, 0.05) is 44.9 Å². The van der Waals surface area contributed by atoms with Gasteiger partial charge in [0.15, 0.2) is 0 Å². The Labute approximate surface area is 162 Å². The number of hydrogen-bond donors (Lipinski definition) is 0. The van der Waals surface area contributed by atoms with Gasteiger partial charge in [0.1, 0.15) is 5.01 Å². The standard InChI is InChI=1S/C20H22N4O2S/c1-15(20-21-18-4-2-3-5-19(18)27-20)23-12-10-22(11-13-23)14-16-6-8-17(9-7-16)24(25)26/h2-9,15H,10-14H2,1H3/t15-/m0/s1. The van der Waals surface area contributed by atoms with Crippen molar-refractivity contribution in [1.82, 2.24) is 14.8 Å². The zero-order valence-corrected chi connectivity index (χ0v) is 16.1. The number of non-ortho nitro benzene ring substituents is 1. The van der Waals surface area contributed by atoms with E-state index in [0.29, 0.717) is 6.04 Å². The van der Waals surface area contributed by atoms with Crippen LogP contribution in [0.25, 0.3) is 10.2 Å². The Hall–Kier alpha value is -2.35. The molecule has 1 aliphatic rings. The Morgan fingerprint density at radius 2 is 1.81 bits per heavy atom. The topological polar surface area (TPSA) is 62.5 Å². The lowest BCUT2D eigenvalue weighted by Gasteiger charge is -2.37. The second-order valence-corrected chi connectivity index (χ2v) is 7.99. The monoisotopic (exact) mass is 382 g/mol. The van der Waals surface area contributed by atoms with E-state index < -0.39 is 0 Å². The molecule has 0 saturated carbocycles. The summed E-state index contributed by atoms with van der Waals surface area (Å²) in [5.41, 5.74) is 2.35. The third kappa shape index (κ3) is 4.00. The number of aromatic nitrogens is 1. The number of thiazole rings is 1. The predicted molar refractivity (Wildman–Crippen MR) is 108 cm³/mol. The molecule has 2 heterocycles. The second-order valence-electron chi connectivity index (χ2n) is 6.93. The smallest absolute Gasteiger partial charge is 0.269 e. The summed E-state index contributed by atoms with van der Waals surface area (Å²) in [6, 6.07) is 15.5. The van der Waals surface area contributed by atoms with Crippen molar-refractivity contribution in [1.29, 1.82) is 0 Å². The summed E-state index contributed by atoms with van der Waals surface area (Å²) in [5, 5.41) is 11.9. The molecule has 0 bridgehead atoms. The molecular formula is C20H22N4O2S. The average molecular weight is 382 g/mol. The minimum atomic E-state index is -0.355. The van der Waals surface area contributed by atoms with E-state index in [0.717, 1.165) is 43.8 Å². The van der Waals surface area contributed by atoms with E-state index >= 15 is 0 Å². The van der Waals surface area contributed by atoms with E-state index in [2.05, 4.69) is 34.9 Å². The van der Waals surface area contributed by atoms with Crippen molar-refractivity contribution in [3.63, 3.8) is 0 Å². The van der Waals surface area contributed by atoms with Gasteiger partial charge in [-0.2, -0.15) is 0 Å². The number of hydrogen-bond acceptors (Lipinski definition) is 6. The van der Waals surface area contributed by atoms with E-state index in [-0.39, 0.29) is 10.6 Å². The first-order valence-electron chi connectivity index (χ1n) is 9.15. The highest BCUT2D eigenvalue weighted by Crippen LogP contribution is 2.30. The Morgan fingerprint density at radius 1 is 1.11 bits per heavy atom. The Morgan fingerprint density at radius 3 is 2.48 bits per heavy atom. The van der Waals surface area contributed by atoms with Crippen LogP contribution in [-0.4, -0.2) is 45.9 Å². The van der Waals surface area contributed by atoms with Gasteiger partial charge >= 0.3 is 0 Å². The maximum atomic E-state index is 10.8. The minimum Gasteiger partial charge on any atom is -0.297 e. The van der Waals surface area contributed by atoms with E-state index in [4.69, 9.17) is 4.98 Å². The summed E-state index contributed by atoms with van der Waals surface area (Å²) in [6.45, 7) is 7.07. The fraction of sp³-hybridized carbons (Fsp3) is 0.350. The van der Waals surface area contributed by atoms with Gasteiger partial charge < -0.3 is 0 Å². The number of nitrogens with zero attached hydrogens (tertiary/aromatic N) is 4. The number of piperazine rings is 1. The average Bonchev–Trinajstić information content (AvgIpc) is 3.13. The van der Waals surface area contributed by atoms with Crippen LogP contribution in [0.15, 0.2) is 48.5 Å². The molecule has 0 N–H and O–H groups in total. The van der Waals surface area contributed by atoms with Gasteiger partial charge in [-0.25, -0.2) is 4.98 Å². The van der Waals surface area contributed by atoms with Crippen LogP contribution in [0.4, 0.5) is 5.69 Å². The molecule has 0 spiro atoms. The number of rotatable bonds is 5. The molecule has 7 heteroatoms. The lowest BCUT2D eigenvalue weighted by atomic mass is 10.1. The molecule has 2 aromatic carbocycles. The van der Waals surface area contributed by atoms with Gasteiger partial charge in [-0.3, -0.25) is 19.9 Å². The highest BCUT2D eigenvalue weighted by molar-refractivity contribution is 7.18. The minimum absolute atomic E-state index is 0.147. The van der Waals surface area contributed by atoms with Crippen molar-refractivity contribution in [2.45, 2.75) is 19.5 Å². The molecule has 4 rings (SSSR count). The van der Waals surface area contributed by atoms with Crippen molar-refractivity contribution in [2.75, 3.05) is 26.2 Å². The summed E-state index contributed by atoms with van der Waals surface area (Å²) in [5.74, 6) is 0. The zero-order chi connectivity index (χ0) is 18.8. The first-order chi connectivity index (χ1) is 13.1. The number of fused-ring (bicyclic) bond motifs is 1. The van der Waals surface area contributed by atoms with Crippen LogP contribution in [0.5, 0.6) is 0 Å². The van der Waals surface area contributed by atoms with Crippen molar-refractivity contribution < 1.29 is 4.92 Å². The molecule has 1 aromatic heterocycles. The van der Waals surface area contributed by atoms with Crippen LogP contribution >= 0.6 is 11.3 Å². The Balaban J connectivity index is 1.34. The fourth-order valence-electron chi connectivity index (χ4n) is 3.51. The summed E-state index contributed by atoms with van der Waals surface area (Å²) in [4.78, 5) is 20.1. The van der Waals surface area contributed by atoms with Gasteiger partial charge in [-0.1, -0.05) is 24.3 Å². The molecule has 1 fully saturated rings. The van der Waals surface area contributed by atoms with Crippen molar-refractivity contribution in [3.8, 4) is 0 Å². The molecule has 0 unspecified atom stereocenters. The molecular weight excluding hydrogens is 360 g/mol. The van der Waals surface area contributed by atoms with Crippen molar-refractivity contribution in [2.24, 2.45) is 0 Å². The van der Waals surface area contributed by atoms with Gasteiger partial charge in [0.05, 0.1) is 21.2 Å². The Bertz CT molecular complexity index is 900. The number of nitro groups is 1. The van der Waals surface area contributed by atoms with Crippen molar-refractivity contribution >= 4 is 27.2 Å². The molecule has 0 aliphatic carbocycles. The molecule has 6 nitrogen and oxygen atoms in total. The number of nitro benzene ring substituents is 1. The summed E-state index contributed by atoms with van der Waals surface area (Å²) in [6.07, 6.45) is 0. The van der Waals surface area contributed by atoms with Crippen molar-refractivity contribution in [3.05, 3.63) is 69.2 Å². The number of para-hydroxylation sites is 1. The molecule has 1 atom stereocenters. The first kappa shape index (κ1) is 18.0. The molecule has 1 saturated heterocycles. The van der Waals surface area contributed by atoms with Crippen LogP contribution < -0.4 is 0 Å². The van der Waals surface area contributed by atoms with Gasteiger partial charge in [0.25, 0.3) is 5.69 Å². The van der Waals surface area contributed by atoms with E-state index in [1.807, 2.05) is 18.2 Å². The van der Waals surface area contributed by atoms with Gasteiger partial charge in [-0.05, 0) is 24.6 Å². The quantitative estimate of drug-likeness (QED) is 0.491. The van der Waals surface area contributed by atoms with Crippen LogP contribution in [0, 0.1) is 10.1 Å². The van der Waals surface area contributed by atoms with Crippen LogP contribution in [0.3, 0.4) is 0 Å². The second kappa shape index (κ2) is 7.72. The highest BCUT2D eigenvalue weighted by Gasteiger charge is 2.24. The lowest BCUT2D eigenvalue weighted by molar-refractivity contribution is -0.384. The molecule has 3 aromatic rings. The zero-order valence-electron chi connectivity index (χ0n) is 15.2. The third-order valence-corrected chi connectivity index (χ3v) is 6.38. The largest absolute Gasteiger partial charge is 0.297 e.